The highest BCUT2D eigenvalue weighted by atomic mass is 16.6. The Bertz CT molecular complexity index is 502. The van der Waals surface area contributed by atoms with Crippen LogP contribution < -0.4 is 0 Å². The summed E-state index contributed by atoms with van der Waals surface area (Å²) in [5.41, 5.74) is 0.666. The number of aromatic nitrogens is 4. The van der Waals surface area contributed by atoms with E-state index in [0.29, 0.717) is 11.5 Å². The summed E-state index contributed by atoms with van der Waals surface area (Å²) in [6.45, 7) is 1.97. The zero-order chi connectivity index (χ0) is 11.5. The van der Waals surface area contributed by atoms with E-state index < -0.39 is 5.97 Å². The summed E-state index contributed by atoms with van der Waals surface area (Å²) in [5, 5.41) is 7.64. The van der Waals surface area contributed by atoms with E-state index >= 15 is 0 Å². The molecule has 0 saturated heterocycles. The number of nitrogens with zero attached hydrogens (tertiary/aromatic N) is 4. The van der Waals surface area contributed by atoms with E-state index in [4.69, 9.17) is 9.26 Å². The second-order valence-electron chi connectivity index (χ2n) is 2.98. The van der Waals surface area contributed by atoms with Crippen LogP contribution in [0.4, 0.5) is 0 Å². The summed E-state index contributed by atoms with van der Waals surface area (Å²) in [6.07, 6.45) is 1.61. The first kappa shape index (κ1) is 10.3. The first-order chi connectivity index (χ1) is 7.72. The highest BCUT2D eigenvalue weighted by molar-refractivity contribution is 5.84. The molecular formula is C9H10N4O3. The maximum atomic E-state index is 11.3. The molecule has 0 aliphatic rings. The second-order valence-corrected chi connectivity index (χ2v) is 2.98. The number of hydrogen-bond donors (Lipinski definition) is 0. The van der Waals surface area contributed by atoms with Crippen LogP contribution in [0.15, 0.2) is 16.8 Å². The first-order valence-corrected chi connectivity index (χ1v) is 4.71. The third-order valence-corrected chi connectivity index (χ3v) is 1.93. The van der Waals surface area contributed by atoms with Gasteiger partial charge in [0.2, 0.25) is 5.82 Å². The van der Waals surface area contributed by atoms with Gasteiger partial charge in [-0.05, 0) is 13.0 Å². The molecule has 0 fully saturated rings. The van der Waals surface area contributed by atoms with Gasteiger partial charge in [-0.25, -0.2) is 4.79 Å². The Morgan fingerprint density at radius 2 is 2.44 bits per heavy atom. The van der Waals surface area contributed by atoms with Crippen LogP contribution in [-0.2, 0) is 11.8 Å². The molecule has 7 nitrogen and oxygen atoms in total. The van der Waals surface area contributed by atoms with Gasteiger partial charge in [-0.3, -0.25) is 4.68 Å². The molecule has 0 atom stereocenters. The normalized spacial score (nSPS) is 10.4. The van der Waals surface area contributed by atoms with Crippen molar-refractivity contribution in [3.8, 4) is 11.5 Å². The number of esters is 1. The fourth-order valence-corrected chi connectivity index (χ4v) is 1.20. The number of carbonyl (C=O) groups excluding carboxylic acids is 1. The molecule has 2 rings (SSSR count). The first-order valence-electron chi connectivity index (χ1n) is 4.71. The van der Waals surface area contributed by atoms with Gasteiger partial charge < -0.3 is 9.26 Å². The molecule has 0 aromatic carbocycles. The maximum Gasteiger partial charge on any atom is 0.397 e. The Balaban J connectivity index is 2.26. The van der Waals surface area contributed by atoms with E-state index in [2.05, 4.69) is 15.2 Å². The summed E-state index contributed by atoms with van der Waals surface area (Å²) in [6, 6.07) is 1.72. The van der Waals surface area contributed by atoms with Crippen molar-refractivity contribution < 1.29 is 14.1 Å². The summed E-state index contributed by atoms with van der Waals surface area (Å²) in [5.74, 6) is -0.468. The molecule has 0 spiro atoms. The monoisotopic (exact) mass is 222 g/mol. The quantitative estimate of drug-likeness (QED) is 0.709. The van der Waals surface area contributed by atoms with Gasteiger partial charge in [0.15, 0.2) is 0 Å². The highest BCUT2D eigenvalue weighted by Crippen LogP contribution is 2.14. The highest BCUT2D eigenvalue weighted by Gasteiger charge is 2.18. The van der Waals surface area contributed by atoms with Gasteiger partial charge in [-0.1, -0.05) is 5.16 Å². The van der Waals surface area contributed by atoms with Crippen molar-refractivity contribution >= 4 is 5.97 Å². The lowest BCUT2D eigenvalue weighted by Gasteiger charge is -1.94. The van der Waals surface area contributed by atoms with E-state index in [1.165, 1.54) is 0 Å². The molecule has 0 aliphatic heterocycles. The summed E-state index contributed by atoms with van der Waals surface area (Å²) in [4.78, 5) is 15.2. The van der Waals surface area contributed by atoms with Crippen LogP contribution in [0.1, 0.15) is 17.6 Å². The minimum absolute atomic E-state index is 0.155. The fraction of sp³-hybridized carbons (Fsp3) is 0.333. The molecule has 0 amide bonds. The zero-order valence-electron chi connectivity index (χ0n) is 8.88. The molecule has 2 aromatic heterocycles. The SMILES string of the molecule is CCOC(=O)c1nc(-c2ccnn2C)no1. The Hall–Kier alpha value is -2.18. The Kier molecular flexibility index (Phi) is 2.67. The van der Waals surface area contributed by atoms with Crippen LogP contribution >= 0.6 is 0 Å². The molecule has 0 saturated carbocycles. The largest absolute Gasteiger partial charge is 0.459 e. The van der Waals surface area contributed by atoms with Crippen molar-refractivity contribution in [2.24, 2.45) is 7.05 Å². The Labute approximate surface area is 91.0 Å². The van der Waals surface area contributed by atoms with Gasteiger partial charge >= 0.3 is 11.9 Å². The maximum absolute atomic E-state index is 11.3. The number of hydrogen-bond acceptors (Lipinski definition) is 6. The van der Waals surface area contributed by atoms with Crippen molar-refractivity contribution in [2.45, 2.75) is 6.92 Å². The predicted molar refractivity (Wildman–Crippen MR) is 52.5 cm³/mol. The van der Waals surface area contributed by atoms with E-state index in [0.717, 1.165) is 0 Å². The van der Waals surface area contributed by atoms with E-state index in [-0.39, 0.29) is 12.5 Å². The molecule has 0 bridgehead atoms. The zero-order valence-corrected chi connectivity index (χ0v) is 8.88. The third kappa shape index (κ3) is 1.79. The molecular weight excluding hydrogens is 212 g/mol. The average molecular weight is 222 g/mol. The molecule has 16 heavy (non-hydrogen) atoms. The Morgan fingerprint density at radius 3 is 3.06 bits per heavy atom. The van der Waals surface area contributed by atoms with Crippen LogP contribution in [0.25, 0.3) is 11.5 Å². The predicted octanol–water partition coefficient (Wildman–Crippen LogP) is 0.647. The lowest BCUT2D eigenvalue weighted by Crippen LogP contribution is -2.04. The molecule has 0 aliphatic carbocycles. The minimum atomic E-state index is -0.622. The standard InChI is InChI=1S/C9H10N4O3/c1-3-15-9(14)8-11-7(12-16-8)6-4-5-10-13(6)2/h4-5H,3H2,1-2H3. The van der Waals surface area contributed by atoms with Crippen molar-refractivity contribution in [1.82, 2.24) is 19.9 Å². The Morgan fingerprint density at radius 1 is 1.62 bits per heavy atom. The molecule has 84 valence electrons. The number of ether oxygens (including phenoxy) is 1. The summed E-state index contributed by atoms with van der Waals surface area (Å²) < 4.78 is 11.1. The van der Waals surface area contributed by atoms with Gasteiger partial charge in [-0.2, -0.15) is 10.1 Å². The van der Waals surface area contributed by atoms with Crippen LogP contribution in [0.3, 0.4) is 0 Å². The number of rotatable bonds is 3. The lowest BCUT2D eigenvalue weighted by molar-refractivity contribution is 0.0470. The molecule has 0 radical (unpaired) electrons. The van der Waals surface area contributed by atoms with Crippen LogP contribution in [0, 0.1) is 0 Å². The van der Waals surface area contributed by atoms with E-state index in [1.807, 2.05) is 0 Å². The minimum Gasteiger partial charge on any atom is -0.459 e. The smallest absolute Gasteiger partial charge is 0.397 e. The van der Waals surface area contributed by atoms with Gasteiger partial charge in [-0.15, -0.1) is 0 Å². The molecule has 0 N–H and O–H groups in total. The third-order valence-electron chi connectivity index (χ3n) is 1.93. The fourth-order valence-electron chi connectivity index (χ4n) is 1.20. The number of aryl methyl sites for hydroxylation is 1. The molecule has 2 aromatic rings. The molecule has 2 heterocycles. The van der Waals surface area contributed by atoms with Crippen molar-refractivity contribution in [1.29, 1.82) is 0 Å². The van der Waals surface area contributed by atoms with Crippen molar-refractivity contribution in [3.05, 3.63) is 18.2 Å². The topological polar surface area (TPSA) is 83.0 Å². The van der Waals surface area contributed by atoms with Crippen LogP contribution in [0.2, 0.25) is 0 Å². The summed E-state index contributed by atoms with van der Waals surface area (Å²) in [7, 11) is 1.75. The van der Waals surface area contributed by atoms with Crippen LogP contribution in [0.5, 0.6) is 0 Å². The molecule has 7 heteroatoms. The van der Waals surface area contributed by atoms with Gasteiger partial charge in [0.25, 0.3) is 0 Å². The second kappa shape index (κ2) is 4.13. The van der Waals surface area contributed by atoms with Gasteiger partial charge in [0.05, 0.1) is 6.61 Å². The molecule has 0 unspecified atom stereocenters. The number of carbonyl (C=O) groups is 1. The van der Waals surface area contributed by atoms with Gasteiger partial charge in [0.1, 0.15) is 5.69 Å². The lowest BCUT2D eigenvalue weighted by atomic mass is 10.4. The van der Waals surface area contributed by atoms with E-state index in [1.54, 1.807) is 30.9 Å². The summed E-state index contributed by atoms with van der Waals surface area (Å²) >= 11 is 0. The van der Waals surface area contributed by atoms with Crippen molar-refractivity contribution in [3.63, 3.8) is 0 Å². The van der Waals surface area contributed by atoms with Crippen LogP contribution in [-0.4, -0.2) is 32.5 Å². The van der Waals surface area contributed by atoms with E-state index in [9.17, 15) is 4.79 Å². The van der Waals surface area contributed by atoms with Gasteiger partial charge in [0, 0.05) is 13.2 Å². The van der Waals surface area contributed by atoms with Crippen molar-refractivity contribution in [2.75, 3.05) is 6.61 Å². The average Bonchev–Trinajstić information content (AvgIpc) is 2.86.